The van der Waals surface area contributed by atoms with Gasteiger partial charge in [-0.1, -0.05) is 65.7 Å². The summed E-state index contributed by atoms with van der Waals surface area (Å²) in [5.74, 6) is 1.83. The van der Waals surface area contributed by atoms with E-state index in [1.807, 2.05) is 18.2 Å². The van der Waals surface area contributed by atoms with E-state index in [1.165, 1.54) is 16.7 Å². The Hall–Kier alpha value is -2.74. The molecule has 0 radical (unpaired) electrons. The summed E-state index contributed by atoms with van der Waals surface area (Å²) < 4.78 is 11.4. The SMILES string of the molecule is COc1ccc(C)cc1C(c1ccccc1)c1cc(C)ccc1OC. The van der Waals surface area contributed by atoms with Crippen LogP contribution in [-0.2, 0) is 0 Å². The van der Waals surface area contributed by atoms with Gasteiger partial charge in [-0.2, -0.15) is 0 Å². The van der Waals surface area contributed by atoms with Crippen molar-refractivity contribution in [3.05, 3.63) is 94.5 Å². The smallest absolute Gasteiger partial charge is 0.123 e. The van der Waals surface area contributed by atoms with Crippen LogP contribution < -0.4 is 9.47 Å². The minimum Gasteiger partial charge on any atom is -0.496 e. The van der Waals surface area contributed by atoms with Crippen LogP contribution in [0.5, 0.6) is 11.5 Å². The molecule has 2 heteroatoms. The molecule has 0 saturated carbocycles. The van der Waals surface area contributed by atoms with Crippen LogP contribution in [0.1, 0.15) is 33.7 Å². The van der Waals surface area contributed by atoms with Crippen molar-refractivity contribution >= 4 is 0 Å². The Morgan fingerprint density at radius 2 is 1.12 bits per heavy atom. The van der Waals surface area contributed by atoms with Crippen LogP contribution >= 0.6 is 0 Å². The van der Waals surface area contributed by atoms with Crippen molar-refractivity contribution in [1.29, 1.82) is 0 Å². The molecule has 3 aromatic carbocycles. The summed E-state index contributed by atoms with van der Waals surface area (Å²) in [6, 6.07) is 23.2. The lowest BCUT2D eigenvalue weighted by molar-refractivity contribution is 0.402. The van der Waals surface area contributed by atoms with Crippen molar-refractivity contribution in [2.75, 3.05) is 14.2 Å². The van der Waals surface area contributed by atoms with Crippen LogP contribution in [0.25, 0.3) is 0 Å². The van der Waals surface area contributed by atoms with E-state index < -0.39 is 0 Å². The zero-order valence-corrected chi connectivity index (χ0v) is 15.2. The molecular formula is C23H24O2. The summed E-state index contributed by atoms with van der Waals surface area (Å²) in [7, 11) is 3.45. The number of rotatable bonds is 5. The average Bonchev–Trinajstić information content (AvgIpc) is 2.63. The molecule has 2 nitrogen and oxygen atoms in total. The Bertz CT molecular complexity index is 800. The van der Waals surface area contributed by atoms with Gasteiger partial charge >= 0.3 is 0 Å². The second kappa shape index (κ2) is 7.43. The molecule has 0 N–H and O–H groups in total. The van der Waals surface area contributed by atoms with E-state index in [2.05, 4.69) is 62.4 Å². The van der Waals surface area contributed by atoms with Crippen LogP contribution in [-0.4, -0.2) is 14.2 Å². The molecule has 0 saturated heterocycles. The van der Waals surface area contributed by atoms with Gasteiger partial charge in [0.25, 0.3) is 0 Å². The van der Waals surface area contributed by atoms with Crippen LogP contribution in [0.2, 0.25) is 0 Å². The largest absolute Gasteiger partial charge is 0.496 e. The van der Waals surface area contributed by atoms with Crippen LogP contribution in [0.3, 0.4) is 0 Å². The number of hydrogen-bond donors (Lipinski definition) is 0. The van der Waals surface area contributed by atoms with Crippen molar-refractivity contribution in [3.8, 4) is 11.5 Å². The third-order valence-electron chi connectivity index (χ3n) is 4.53. The number of aryl methyl sites for hydroxylation is 2. The fraction of sp³-hybridized carbons (Fsp3) is 0.217. The van der Waals surface area contributed by atoms with E-state index in [1.54, 1.807) is 14.2 Å². The van der Waals surface area contributed by atoms with Crippen molar-refractivity contribution in [2.24, 2.45) is 0 Å². The average molecular weight is 332 g/mol. The highest BCUT2D eigenvalue weighted by Gasteiger charge is 2.24. The van der Waals surface area contributed by atoms with Gasteiger partial charge < -0.3 is 9.47 Å². The molecule has 0 fully saturated rings. The quantitative estimate of drug-likeness (QED) is 0.574. The lowest BCUT2D eigenvalue weighted by atomic mass is 9.83. The molecule has 128 valence electrons. The van der Waals surface area contributed by atoms with Crippen molar-refractivity contribution in [2.45, 2.75) is 19.8 Å². The van der Waals surface area contributed by atoms with Gasteiger partial charge in [0.1, 0.15) is 11.5 Å². The molecule has 0 bridgehead atoms. The Labute approximate surface area is 150 Å². The molecule has 3 aromatic rings. The Morgan fingerprint density at radius 1 is 0.640 bits per heavy atom. The topological polar surface area (TPSA) is 18.5 Å². The van der Waals surface area contributed by atoms with Crippen LogP contribution in [0.4, 0.5) is 0 Å². The first-order valence-corrected chi connectivity index (χ1v) is 8.48. The second-order valence-corrected chi connectivity index (χ2v) is 6.33. The van der Waals surface area contributed by atoms with Gasteiger partial charge in [-0.25, -0.2) is 0 Å². The lowest BCUT2D eigenvalue weighted by Gasteiger charge is -2.24. The Morgan fingerprint density at radius 3 is 1.56 bits per heavy atom. The van der Waals surface area contributed by atoms with Gasteiger partial charge in [-0.3, -0.25) is 0 Å². The molecular weight excluding hydrogens is 308 g/mol. The molecule has 0 aliphatic rings. The zero-order chi connectivity index (χ0) is 17.8. The van der Waals surface area contributed by atoms with Crippen molar-refractivity contribution < 1.29 is 9.47 Å². The molecule has 0 heterocycles. The molecule has 0 aromatic heterocycles. The summed E-state index contributed by atoms with van der Waals surface area (Å²) in [6.07, 6.45) is 0. The minimum absolute atomic E-state index is 0.0471. The summed E-state index contributed by atoms with van der Waals surface area (Å²) >= 11 is 0. The van der Waals surface area contributed by atoms with Crippen molar-refractivity contribution in [3.63, 3.8) is 0 Å². The van der Waals surface area contributed by atoms with Gasteiger partial charge in [-0.05, 0) is 31.5 Å². The predicted molar refractivity (Wildman–Crippen MR) is 103 cm³/mol. The fourth-order valence-electron chi connectivity index (χ4n) is 3.33. The van der Waals surface area contributed by atoms with Gasteiger partial charge in [-0.15, -0.1) is 0 Å². The summed E-state index contributed by atoms with van der Waals surface area (Å²) in [4.78, 5) is 0. The first kappa shape index (κ1) is 17.1. The minimum atomic E-state index is 0.0471. The number of benzene rings is 3. The first-order valence-electron chi connectivity index (χ1n) is 8.48. The van der Waals surface area contributed by atoms with Gasteiger partial charge in [0, 0.05) is 17.0 Å². The van der Waals surface area contributed by atoms with Crippen molar-refractivity contribution in [1.82, 2.24) is 0 Å². The van der Waals surface area contributed by atoms with Gasteiger partial charge in [0.2, 0.25) is 0 Å². The number of ether oxygens (including phenoxy) is 2. The summed E-state index contributed by atoms with van der Waals surface area (Å²) in [5.41, 5.74) is 5.94. The monoisotopic (exact) mass is 332 g/mol. The van der Waals surface area contributed by atoms with Gasteiger partial charge in [0.15, 0.2) is 0 Å². The predicted octanol–water partition coefficient (Wildman–Crippen LogP) is 5.50. The van der Waals surface area contributed by atoms with Gasteiger partial charge in [0.05, 0.1) is 14.2 Å². The zero-order valence-electron chi connectivity index (χ0n) is 15.2. The maximum atomic E-state index is 5.69. The highest BCUT2D eigenvalue weighted by Crippen LogP contribution is 2.41. The highest BCUT2D eigenvalue weighted by atomic mass is 16.5. The molecule has 0 unspecified atom stereocenters. The maximum absolute atomic E-state index is 5.69. The lowest BCUT2D eigenvalue weighted by Crippen LogP contribution is -2.08. The maximum Gasteiger partial charge on any atom is 0.123 e. The number of hydrogen-bond acceptors (Lipinski definition) is 2. The van der Waals surface area contributed by atoms with E-state index in [4.69, 9.17) is 9.47 Å². The number of methoxy groups -OCH3 is 2. The fourth-order valence-corrected chi connectivity index (χ4v) is 3.33. The normalized spacial score (nSPS) is 10.8. The van der Waals surface area contributed by atoms with Crippen LogP contribution in [0.15, 0.2) is 66.7 Å². The molecule has 0 amide bonds. The molecule has 0 aliphatic carbocycles. The Kier molecular flexibility index (Phi) is 5.08. The van der Waals surface area contributed by atoms with E-state index in [9.17, 15) is 0 Å². The molecule has 3 rings (SSSR count). The molecule has 0 aliphatic heterocycles. The van der Waals surface area contributed by atoms with Crippen LogP contribution in [0, 0.1) is 13.8 Å². The molecule has 0 spiro atoms. The molecule has 25 heavy (non-hydrogen) atoms. The third kappa shape index (κ3) is 3.53. The standard InChI is InChI=1S/C23H24O2/c1-16-10-12-21(24-3)19(14-16)23(18-8-6-5-7-9-18)20-15-17(2)11-13-22(20)25-4/h5-15,23H,1-4H3. The highest BCUT2D eigenvalue weighted by molar-refractivity contribution is 5.54. The van der Waals surface area contributed by atoms with E-state index in [0.29, 0.717) is 0 Å². The van der Waals surface area contributed by atoms with E-state index in [-0.39, 0.29) is 5.92 Å². The Balaban J connectivity index is 2.29. The summed E-state index contributed by atoms with van der Waals surface area (Å²) in [5, 5.41) is 0. The van der Waals surface area contributed by atoms with E-state index in [0.717, 1.165) is 22.6 Å². The third-order valence-corrected chi connectivity index (χ3v) is 4.53. The van der Waals surface area contributed by atoms with E-state index >= 15 is 0 Å². The summed E-state index contributed by atoms with van der Waals surface area (Å²) in [6.45, 7) is 4.22. The first-order chi connectivity index (χ1) is 12.1. The molecule has 0 atom stereocenters. The second-order valence-electron chi connectivity index (χ2n) is 6.33.